The maximum Gasteiger partial charge on any atom is 0.248 e. The average molecular weight is 245 g/mol. The summed E-state index contributed by atoms with van der Waals surface area (Å²) in [6.45, 7) is 1.99. The highest BCUT2D eigenvalue weighted by molar-refractivity contribution is 5.02. The molecule has 1 fully saturated rings. The molecule has 6 heteroatoms. The summed E-state index contributed by atoms with van der Waals surface area (Å²) in [6.07, 6.45) is 0.822. The Balaban J connectivity index is 1.99. The first-order valence-electron chi connectivity index (χ1n) is 5.88. The minimum Gasteiger partial charge on any atom is -0.339 e. The number of likely N-dealkylation sites (N-methyl/N-ethyl adjacent to an activating group) is 1. The minimum absolute atomic E-state index is 0.0749. The van der Waals surface area contributed by atoms with Gasteiger partial charge in [-0.15, -0.1) is 0 Å². The first-order chi connectivity index (χ1) is 8.00. The lowest BCUT2D eigenvalue weighted by Gasteiger charge is -2.06. The quantitative estimate of drug-likeness (QED) is 0.882. The van der Waals surface area contributed by atoms with Crippen LogP contribution in [0.3, 0.4) is 0 Å². The van der Waals surface area contributed by atoms with Gasteiger partial charge in [0.2, 0.25) is 11.8 Å². The molecular weight excluding hydrogens is 228 g/mol. The number of alkyl halides is 2. The van der Waals surface area contributed by atoms with Crippen molar-refractivity contribution in [3.8, 4) is 0 Å². The van der Waals surface area contributed by atoms with Crippen LogP contribution in [0.15, 0.2) is 4.52 Å². The monoisotopic (exact) mass is 245 g/mol. The van der Waals surface area contributed by atoms with Crippen molar-refractivity contribution < 1.29 is 13.3 Å². The molecule has 1 aliphatic carbocycles. The van der Waals surface area contributed by atoms with E-state index < -0.39 is 5.92 Å². The Morgan fingerprint density at radius 3 is 2.94 bits per heavy atom. The van der Waals surface area contributed by atoms with Crippen LogP contribution < -0.4 is 5.32 Å². The van der Waals surface area contributed by atoms with Gasteiger partial charge in [0.25, 0.3) is 0 Å². The van der Waals surface area contributed by atoms with E-state index in [9.17, 15) is 8.78 Å². The van der Waals surface area contributed by atoms with E-state index in [1.165, 1.54) is 0 Å². The van der Waals surface area contributed by atoms with Crippen LogP contribution in [-0.2, 0) is 6.42 Å². The van der Waals surface area contributed by atoms with E-state index >= 15 is 0 Å². The van der Waals surface area contributed by atoms with E-state index in [0.29, 0.717) is 24.6 Å². The Bertz CT molecular complexity index is 381. The van der Waals surface area contributed by atoms with Crippen LogP contribution in [0.1, 0.15) is 43.8 Å². The normalized spacial score (nSPS) is 25.1. The van der Waals surface area contributed by atoms with Crippen LogP contribution in [0, 0.1) is 0 Å². The van der Waals surface area contributed by atoms with Crippen LogP contribution in [-0.4, -0.2) is 29.2 Å². The van der Waals surface area contributed by atoms with Gasteiger partial charge in [0.05, 0.1) is 0 Å². The maximum absolute atomic E-state index is 13.1. The van der Waals surface area contributed by atoms with Gasteiger partial charge in [-0.1, -0.05) is 5.16 Å². The van der Waals surface area contributed by atoms with Crippen molar-refractivity contribution in [2.45, 2.75) is 50.5 Å². The van der Waals surface area contributed by atoms with Gasteiger partial charge in [0, 0.05) is 31.2 Å². The van der Waals surface area contributed by atoms with Gasteiger partial charge in [-0.3, -0.25) is 0 Å². The van der Waals surface area contributed by atoms with Gasteiger partial charge in [-0.25, -0.2) is 8.78 Å². The average Bonchev–Trinajstić information content (AvgIpc) is 2.84. The first-order valence-corrected chi connectivity index (χ1v) is 5.88. The number of rotatable bonds is 4. The Kier molecular flexibility index (Phi) is 3.42. The first kappa shape index (κ1) is 12.4. The molecule has 1 saturated carbocycles. The number of halogens is 2. The summed E-state index contributed by atoms with van der Waals surface area (Å²) < 4.78 is 31.2. The lowest BCUT2D eigenvalue weighted by molar-refractivity contribution is 0.00750. The van der Waals surface area contributed by atoms with E-state index in [0.717, 1.165) is 0 Å². The zero-order chi connectivity index (χ0) is 12.5. The van der Waals surface area contributed by atoms with Crippen molar-refractivity contribution in [3.05, 3.63) is 11.7 Å². The summed E-state index contributed by atoms with van der Waals surface area (Å²) in [5.74, 6) is -1.88. The Labute approximate surface area is 98.8 Å². The molecule has 2 unspecified atom stereocenters. The standard InChI is InChI=1S/C11H17F2N3O/c1-7(14-2)5-9-15-10(16-17-9)8-3-4-11(12,13)6-8/h7-8,14H,3-6H2,1-2H3. The fourth-order valence-electron chi connectivity index (χ4n) is 2.05. The summed E-state index contributed by atoms with van der Waals surface area (Å²) >= 11 is 0. The molecule has 96 valence electrons. The van der Waals surface area contributed by atoms with Gasteiger partial charge in [0.15, 0.2) is 5.82 Å². The second kappa shape index (κ2) is 4.68. The summed E-state index contributed by atoms with van der Waals surface area (Å²) in [4.78, 5) is 4.19. The van der Waals surface area contributed by atoms with Crippen LogP contribution in [0.4, 0.5) is 8.78 Å². The van der Waals surface area contributed by atoms with Gasteiger partial charge in [-0.2, -0.15) is 4.98 Å². The third kappa shape index (κ3) is 3.00. The van der Waals surface area contributed by atoms with E-state index in [1.807, 2.05) is 14.0 Å². The molecular formula is C11H17F2N3O. The number of hydrogen-bond donors (Lipinski definition) is 1. The van der Waals surface area contributed by atoms with Crippen LogP contribution >= 0.6 is 0 Å². The van der Waals surface area contributed by atoms with Crippen molar-refractivity contribution >= 4 is 0 Å². The molecule has 1 aromatic rings. The zero-order valence-corrected chi connectivity index (χ0v) is 10.0. The summed E-state index contributed by atoms with van der Waals surface area (Å²) in [6, 6.07) is 0.230. The molecule has 4 nitrogen and oxygen atoms in total. The molecule has 2 atom stereocenters. The predicted molar refractivity (Wildman–Crippen MR) is 58.1 cm³/mol. The molecule has 0 radical (unpaired) electrons. The van der Waals surface area contributed by atoms with Gasteiger partial charge >= 0.3 is 0 Å². The van der Waals surface area contributed by atoms with Crippen LogP contribution in [0.5, 0.6) is 0 Å². The highest BCUT2D eigenvalue weighted by Gasteiger charge is 2.41. The van der Waals surface area contributed by atoms with Crippen molar-refractivity contribution in [2.75, 3.05) is 7.05 Å². The van der Waals surface area contributed by atoms with E-state index in [4.69, 9.17) is 4.52 Å². The van der Waals surface area contributed by atoms with E-state index in [-0.39, 0.29) is 24.8 Å². The van der Waals surface area contributed by atoms with Gasteiger partial charge in [0.1, 0.15) is 0 Å². The fraction of sp³-hybridized carbons (Fsp3) is 0.818. The lowest BCUT2D eigenvalue weighted by Crippen LogP contribution is -2.23. The number of nitrogens with one attached hydrogen (secondary N) is 1. The van der Waals surface area contributed by atoms with Crippen molar-refractivity contribution in [2.24, 2.45) is 0 Å². The fourth-order valence-corrected chi connectivity index (χ4v) is 2.05. The largest absolute Gasteiger partial charge is 0.339 e. The highest BCUT2D eigenvalue weighted by atomic mass is 19.3. The lowest BCUT2D eigenvalue weighted by atomic mass is 10.1. The molecule has 1 N–H and O–H groups in total. The number of nitrogens with zero attached hydrogens (tertiary/aromatic N) is 2. The number of aromatic nitrogens is 2. The zero-order valence-electron chi connectivity index (χ0n) is 10.0. The van der Waals surface area contributed by atoms with Crippen LogP contribution in [0.2, 0.25) is 0 Å². The Morgan fingerprint density at radius 2 is 2.35 bits per heavy atom. The third-order valence-corrected chi connectivity index (χ3v) is 3.23. The van der Waals surface area contributed by atoms with Gasteiger partial charge < -0.3 is 9.84 Å². The van der Waals surface area contributed by atoms with Crippen molar-refractivity contribution in [1.29, 1.82) is 0 Å². The van der Waals surface area contributed by atoms with Crippen LogP contribution in [0.25, 0.3) is 0 Å². The minimum atomic E-state index is -2.57. The van der Waals surface area contributed by atoms with Gasteiger partial charge in [-0.05, 0) is 20.4 Å². The molecule has 1 aromatic heterocycles. The Morgan fingerprint density at radius 1 is 1.59 bits per heavy atom. The molecule has 0 aromatic carbocycles. The second-order valence-electron chi connectivity index (χ2n) is 4.74. The smallest absolute Gasteiger partial charge is 0.248 e. The molecule has 0 spiro atoms. The molecule has 0 amide bonds. The molecule has 0 bridgehead atoms. The summed E-state index contributed by atoms with van der Waals surface area (Å²) in [5, 5.41) is 6.86. The van der Waals surface area contributed by atoms with E-state index in [2.05, 4.69) is 15.5 Å². The SMILES string of the molecule is CNC(C)Cc1nc(C2CCC(F)(F)C2)no1. The van der Waals surface area contributed by atoms with Crippen molar-refractivity contribution in [3.63, 3.8) is 0 Å². The molecule has 1 aliphatic rings. The summed E-state index contributed by atoms with van der Waals surface area (Å²) in [5.41, 5.74) is 0. The predicted octanol–water partition coefficient (Wildman–Crippen LogP) is 2.12. The van der Waals surface area contributed by atoms with E-state index in [1.54, 1.807) is 0 Å². The molecule has 17 heavy (non-hydrogen) atoms. The molecule has 1 heterocycles. The topological polar surface area (TPSA) is 51.0 Å². The molecule has 0 aliphatic heterocycles. The Hall–Kier alpha value is -1.04. The maximum atomic E-state index is 13.1. The highest BCUT2D eigenvalue weighted by Crippen LogP contribution is 2.43. The summed E-state index contributed by atoms with van der Waals surface area (Å²) in [7, 11) is 1.85. The van der Waals surface area contributed by atoms with Crippen molar-refractivity contribution in [1.82, 2.24) is 15.5 Å². The molecule has 0 saturated heterocycles. The molecule has 2 rings (SSSR count). The number of hydrogen-bond acceptors (Lipinski definition) is 4. The second-order valence-corrected chi connectivity index (χ2v) is 4.74. The third-order valence-electron chi connectivity index (χ3n) is 3.23.